The first-order valence-corrected chi connectivity index (χ1v) is 6.04. The molecule has 74 valence electrons. The van der Waals surface area contributed by atoms with Gasteiger partial charge in [0.05, 0.1) is 5.56 Å². The van der Waals surface area contributed by atoms with Crippen LogP contribution in [0.5, 0.6) is 0 Å². The second-order valence-electron chi connectivity index (χ2n) is 2.50. The van der Waals surface area contributed by atoms with Gasteiger partial charge in [0.25, 0.3) is 0 Å². The number of carboxylic acid groups (broad SMARTS) is 1. The molecule has 0 aliphatic carbocycles. The van der Waals surface area contributed by atoms with Gasteiger partial charge in [0.15, 0.2) is 9.84 Å². The fourth-order valence-corrected chi connectivity index (χ4v) is 2.66. The predicted octanol–water partition coefficient (Wildman–Crippen LogP) is 0.721. The van der Waals surface area contributed by atoms with E-state index >= 15 is 0 Å². The minimum absolute atomic E-state index is 0.105. The van der Waals surface area contributed by atoms with Crippen molar-refractivity contribution in [2.24, 2.45) is 0 Å². The van der Waals surface area contributed by atoms with Gasteiger partial charge >= 0.3 is 5.97 Å². The molecule has 1 aromatic rings. The fraction of sp³-hybridized carbons (Fsp3) is 0.143. The molecular formula is C7H5NO4S2. The van der Waals surface area contributed by atoms with Crippen molar-refractivity contribution in [3.8, 4) is 6.07 Å². The number of sulfone groups is 1. The molecule has 0 aliphatic heterocycles. The summed E-state index contributed by atoms with van der Waals surface area (Å²) in [6.45, 7) is 0. The molecule has 1 rings (SSSR count). The van der Waals surface area contributed by atoms with Crippen LogP contribution in [0.3, 0.4) is 0 Å². The number of hydrogen-bond donors (Lipinski definition) is 1. The van der Waals surface area contributed by atoms with Crippen LogP contribution in [0, 0.1) is 11.3 Å². The summed E-state index contributed by atoms with van der Waals surface area (Å²) in [7, 11) is -3.44. The van der Waals surface area contributed by atoms with E-state index in [9.17, 15) is 13.2 Å². The van der Waals surface area contributed by atoms with Gasteiger partial charge in [-0.25, -0.2) is 13.2 Å². The molecule has 1 heterocycles. The zero-order chi connectivity index (χ0) is 10.9. The van der Waals surface area contributed by atoms with E-state index in [0.717, 1.165) is 12.3 Å². The maximum Gasteiger partial charge on any atom is 0.347 e. The number of nitriles is 1. The van der Waals surface area contributed by atoms with Crippen molar-refractivity contribution >= 4 is 27.1 Å². The molecule has 0 spiro atoms. The first kappa shape index (κ1) is 10.7. The number of aromatic carboxylic acids is 1. The lowest BCUT2D eigenvalue weighted by Gasteiger charge is -1.87. The molecular weight excluding hydrogens is 226 g/mol. The van der Waals surface area contributed by atoms with Crippen molar-refractivity contribution in [2.45, 2.75) is 4.21 Å². The van der Waals surface area contributed by atoms with Gasteiger partial charge in [0, 0.05) is 6.26 Å². The van der Waals surface area contributed by atoms with E-state index < -0.39 is 15.8 Å². The lowest BCUT2D eigenvalue weighted by molar-refractivity contribution is 0.0702. The number of rotatable bonds is 2. The Morgan fingerprint density at radius 3 is 2.50 bits per heavy atom. The van der Waals surface area contributed by atoms with E-state index in [1.165, 1.54) is 0 Å². The number of carbonyl (C=O) groups is 1. The first-order chi connectivity index (χ1) is 6.36. The molecule has 0 saturated carbocycles. The van der Waals surface area contributed by atoms with Crippen LogP contribution in [0.4, 0.5) is 0 Å². The monoisotopic (exact) mass is 231 g/mol. The standard InChI is InChI=1S/C7H5NO4S2/c1-14(11,12)5-2-4(3-8)6(13-5)7(9)10/h2H,1H3,(H,9,10). The van der Waals surface area contributed by atoms with Crippen LogP contribution in [0.25, 0.3) is 0 Å². The van der Waals surface area contributed by atoms with Crippen LogP contribution in [-0.4, -0.2) is 25.7 Å². The Kier molecular flexibility index (Phi) is 2.59. The molecule has 0 bridgehead atoms. The lowest BCUT2D eigenvalue weighted by atomic mass is 10.3. The summed E-state index contributed by atoms with van der Waals surface area (Å²) in [5, 5.41) is 17.2. The minimum atomic E-state index is -3.44. The molecule has 0 radical (unpaired) electrons. The van der Waals surface area contributed by atoms with Crippen molar-refractivity contribution in [1.29, 1.82) is 5.26 Å². The van der Waals surface area contributed by atoms with Crippen molar-refractivity contribution in [3.05, 3.63) is 16.5 Å². The Morgan fingerprint density at radius 1 is 1.64 bits per heavy atom. The highest BCUT2D eigenvalue weighted by molar-refractivity contribution is 7.92. The Bertz CT molecular complexity index is 520. The molecule has 0 atom stereocenters. The van der Waals surface area contributed by atoms with Crippen LogP contribution < -0.4 is 0 Å². The van der Waals surface area contributed by atoms with Gasteiger partial charge in [-0.2, -0.15) is 5.26 Å². The van der Waals surface area contributed by atoms with E-state index in [-0.39, 0.29) is 14.6 Å². The molecule has 0 saturated heterocycles. The van der Waals surface area contributed by atoms with Crippen LogP contribution in [0.2, 0.25) is 0 Å². The van der Waals surface area contributed by atoms with E-state index in [1.807, 2.05) is 0 Å². The summed E-state index contributed by atoms with van der Waals surface area (Å²) < 4.78 is 22.0. The Hall–Kier alpha value is -1.39. The van der Waals surface area contributed by atoms with Crippen molar-refractivity contribution in [2.75, 3.05) is 6.26 Å². The normalized spacial score (nSPS) is 10.9. The maximum atomic E-state index is 11.0. The average molecular weight is 231 g/mol. The number of carboxylic acids is 1. The second-order valence-corrected chi connectivity index (χ2v) is 5.79. The molecule has 0 amide bonds. The van der Waals surface area contributed by atoms with Gasteiger partial charge < -0.3 is 5.11 Å². The van der Waals surface area contributed by atoms with Gasteiger partial charge in [-0.05, 0) is 6.07 Å². The summed E-state index contributed by atoms with van der Waals surface area (Å²) in [5.41, 5.74) is -0.122. The molecule has 14 heavy (non-hydrogen) atoms. The molecule has 7 heteroatoms. The van der Waals surface area contributed by atoms with Gasteiger partial charge in [-0.3, -0.25) is 0 Å². The van der Waals surface area contributed by atoms with Crippen LogP contribution >= 0.6 is 11.3 Å². The zero-order valence-electron chi connectivity index (χ0n) is 7.01. The highest BCUT2D eigenvalue weighted by Gasteiger charge is 2.19. The van der Waals surface area contributed by atoms with Gasteiger partial charge in [-0.15, -0.1) is 11.3 Å². The minimum Gasteiger partial charge on any atom is -0.477 e. The number of nitrogens with zero attached hydrogens (tertiary/aromatic N) is 1. The molecule has 0 fully saturated rings. The van der Waals surface area contributed by atoms with Gasteiger partial charge in [0.1, 0.15) is 15.2 Å². The summed E-state index contributed by atoms with van der Waals surface area (Å²) in [5.74, 6) is -1.29. The molecule has 1 N–H and O–H groups in total. The summed E-state index contributed by atoms with van der Waals surface area (Å²) in [6, 6.07) is 2.71. The van der Waals surface area contributed by atoms with Gasteiger partial charge in [-0.1, -0.05) is 0 Å². The second kappa shape index (κ2) is 3.40. The molecule has 5 nitrogen and oxygen atoms in total. The molecule has 0 aromatic carbocycles. The van der Waals surface area contributed by atoms with Crippen LogP contribution in [0.1, 0.15) is 15.2 Å². The Morgan fingerprint density at radius 2 is 2.21 bits per heavy atom. The largest absolute Gasteiger partial charge is 0.477 e. The topological polar surface area (TPSA) is 95.2 Å². The van der Waals surface area contributed by atoms with Crippen molar-refractivity contribution < 1.29 is 18.3 Å². The van der Waals surface area contributed by atoms with Crippen LogP contribution in [0.15, 0.2) is 10.3 Å². The smallest absolute Gasteiger partial charge is 0.347 e. The quantitative estimate of drug-likeness (QED) is 0.809. The average Bonchev–Trinajstić information content (AvgIpc) is 2.45. The van der Waals surface area contributed by atoms with E-state index in [4.69, 9.17) is 10.4 Å². The number of thiophene rings is 1. The highest BCUT2D eigenvalue weighted by atomic mass is 32.2. The summed E-state index contributed by atoms with van der Waals surface area (Å²) >= 11 is 0.589. The van der Waals surface area contributed by atoms with E-state index in [2.05, 4.69) is 0 Å². The molecule has 0 unspecified atom stereocenters. The SMILES string of the molecule is CS(=O)(=O)c1cc(C#N)c(C(=O)O)s1. The Labute approximate surface area is 84.1 Å². The van der Waals surface area contributed by atoms with E-state index in [1.54, 1.807) is 6.07 Å². The summed E-state index contributed by atoms with van der Waals surface area (Å²) in [4.78, 5) is 10.3. The first-order valence-electron chi connectivity index (χ1n) is 3.33. The highest BCUT2D eigenvalue weighted by Crippen LogP contribution is 2.25. The maximum absolute atomic E-state index is 11.0. The lowest BCUT2D eigenvalue weighted by Crippen LogP contribution is -1.94. The zero-order valence-corrected chi connectivity index (χ0v) is 8.65. The summed E-state index contributed by atoms with van der Waals surface area (Å²) in [6.07, 6.45) is 0.964. The van der Waals surface area contributed by atoms with Crippen molar-refractivity contribution in [1.82, 2.24) is 0 Å². The third-order valence-corrected chi connectivity index (χ3v) is 4.31. The number of hydrogen-bond acceptors (Lipinski definition) is 5. The van der Waals surface area contributed by atoms with Crippen molar-refractivity contribution in [3.63, 3.8) is 0 Å². The fourth-order valence-electron chi connectivity index (χ4n) is 0.793. The van der Waals surface area contributed by atoms with Crippen LogP contribution in [-0.2, 0) is 9.84 Å². The van der Waals surface area contributed by atoms with E-state index in [0.29, 0.717) is 11.3 Å². The molecule has 1 aromatic heterocycles. The Balaban J connectivity index is 3.44. The van der Waals surface area contributed by atoms with Gasteiger partial charge in [0.2, 0.25) is 0 Å². The third kappa shape index (κ3) is 1.92. The predicted molar refractivity (Wildman–Crippen MR) is 49.1 cm³/mol. The third-order valence-electron chi connectivity index (χ3n) is 1.39. The molecule has 0 aliphatic rings.